The zero-order chi connectivity index (χ0) is 11.4. The maximum absolute atomic E-state index is 10.9. The quantitative estimate of drug-likeness (QED) is 0.813. The second-order valence-corrected chi connectivity index (χ2v) is 3.72. The van der Waals surface area contributed by atoms with E-state index in [1.54, 1.807) is 0 Å². The molecule has 0 radical (unpaired) electrons. The first-order valence-electron chi connectivity index (χ1n) is 5.15. The molecule has 1 rings (SSSR count). The zero-order valence-electron chi connectivity index (χ0n) is 9.58. The highest BCUT2D eigenvalue weighted by Gasteiger charge is 2.11. The van der Waals surface area contributed by atoms with Crippen LogP contribution in [0.15, 0.2) is 18.2 Å². The standard InChI is InChI=1S/C12H18N2O/c1-4-14(8-11(13)15)12-9(2)6-5-7-10(12)3/h5-7H,4,8H2,1-3H3,(H2,13,15). The molecule has 0 aliphatic heterocycles. The third-order valence-corrected chi connectivity index (χ3v) is 2.48. The van der Waals surface area contributed by atoms with Crippen LogP contribution in [0, 0.1) is 13.8 Å². The number of para-hydroxylation sites is 1. The molecule has 0 heterocycles. The summed E-state index contributed by atoms with van der Waals surface area (Å²) in [4.78, 5) is 13.0. The van der Waals surface area contributed by atoms with Gasteiger partial charge in [0.1, 0.15) is 0 Å². The number of nitrogens with zero attached hydrogens (tertiary/aromatic N) is 1. The van der Waals surface area contributed by atoms with E-state index in [1.807, 2.05) is 43.9 Å². The van der Waals surface area contributed by atoms with Gasteiger partial charge in [0, 0.05) is 12.2 Å². The second-order valence-electron chi connectivity index (χ2n) is 3.72. The molecule has 0 saturated heterocycles. The second kappa shape index (κ2) is 4.82. The summed E-state index contributed by atoms with van der Waals surface area (Å²) >= 11 is 0. The number of benzene rings is 1. The van der Waals surface area contributed by atoms with E-state index in [0.29, 0.717) is 0 Å². The summed E-state index contributed by atoms with van der Waals surface area (Å²) in [5, 5.41) is 0. The lowest BCUT2D eigenvalue weighted by Gasteiger charge is -2.25. The number of carbonyl (C=O) groups excluding carboxylic acids is 1. The molecule has 2 N–H and O–H groups in total. The van der Waals surface area contributed by atoms with E-state index in [1.165, 1.54) is 11.1 Å². The predicted octanol–water partition coefficient (Wildman–Crippen LogP) is 1.62. The fourth-order valence-corrected chi connectivity index (χ4v) is 1.84. The van der Waals surface area contributed by atoms with Crippen LogP contribution in [0.5, 0.6) is 0 Å². The van der Waals surface area contributed by atoms with E-state index in [4.69, 9.17) is 5.73 Å². The average molecular weight is 206 g/mol. The molecule has 1 amide bonds. The minimum Gasteiger partial charge on any atom is -0.368 e. The number of amides is 1. The molecule has 1 aromatic carbocycles. The number of hydrogen-bond donors (Lipinski definition) is 1. The molecular weight excluding hydrogens is 188 g/mol. The van der Waals surface area contributed by atoms with E-state index in [0.717, 1.165) is 12.2 Å². The Labute approximate surface area is 90.9 Å². The maximum Gasteiger partial charge on any atom is 0.236 e. The van der Waals surface area contributed by atoms with Crippen molar-refractivity contribution < 1.29 is 4.79 Å². The van der Waals surface area contributed by atoms with Gasteiger partial charge in [-0.15, -0.1) is 0 Å². The molecule has 0 aromatic heterocycles. The van der Waals surface area contributed by atoms with Gasteiger partial charge >= 0.3 is 0 Å². The number of carbonyl (C=O) groups is 1. The molecule has 15 heavy (non-hydrogen) atoms. The molecule has 82 valence electrons. The maximum atomic E-state index is 10.9. The fraction of sp³-hybridized carbons (Fsp3) is 0.417. The van der Waals surface area contributed by atoms with Crippen LogP contribution >= 0.6 is 0 Å². The fourth-order valence-electron chi connectivity index (χ4n) is 1.84. The Balaban J connectivity index is 3.05. The average Bonchev–Trinajstić information content (AvgIpc) is 2.15. The van der Waals surface area contributed by atoms with Crippen LogP contribution in [0.3, 0.4) is 0 Å². The van der Waals surface area contributed by atoms with Crippen molar-refractivity contribution in [3.63, 3.8) is 0 Å². The molecule has 0 fully saturated rings. The summed E-state index contributed by atoms with van der Waals surface area (Å²) in [6, 6.07) is 6.12. The van der Waals surface area contributed by atoms with Gasteiger partial charge in [0.05, 0.1) is 6.54 Å². The summed E-state index contributed by atoms with van der Waals surface area (Å²) in [7, 11) is 0. The van der Waals surface area contributed by atoms with Gasteiger partial charge in [-0.25, -0.2) is 0 Å². The predicted molar refractivity (Wildman–Crippen MR) is 63.0 cm³/mol. The molecule has 3 nitrogen and oxygen atoms in total. The lowest BCUT2D eigenvalue weighted by Crippen LogP contribution is -2.34. The van der Waals surface area contributed by atoms with Crippen LogP contribution in [0.4, 0.5) is 5.69 Å². The summed E-state index contributed by atoms with van der Waals surface area (Å²) < 4.78 is 0. The molecule has 3 heteroatoms. The molecule has 0 unspecified atom stereocenters. The van der Waals surface area contributed by atoms with Gasteiger partial charge in [-0.2, -0.15) is 0 Å². The molecule has 0 spiro atoms. The van der Waals surface area contributed by atoms with Crippen LogP contribution in [0.25, 0.3) is 0 Å². The van der Waals surface area contributed by atoms with Crippen LogP contribution in [0.1, 0.15) is 18.1 Å². The molecular formula is C12H18N2O. The Kier molecular flexibility index (Phi) is 3.72. The lowest BCUT2D eigenvalue weighted by atomic mass is 10.1. The van der Waals surface area contributed by atoms with Crippen molar-refractivity contribution in [3.8, 4) is 0 Å². The highest BCUT2D eigenvalue weighted by atomic mass is 16.1. The van der Waals surface area contributed by atoms with E-state index in [9.17, 15) is 4.79 Å². The SMILES string of the molecule is CCN(CC(N)=O)c1c(C)cccc1C. The number of rotatable bonds is 4. The minimum atomic E-state index is -0.292. The highest BCUT2D eigenvalue weighted by molar-refractivity contribution is 5.80. The van der Waals surface area contributed by atoms with Crippen molar-refractivity contribution in [2.24, 2.45) is 5.73 Å². The Bertz CT molecular complexity index is 340. The normalized spacial score (nSPS) is 10.1. The molecule has 0 aliphatic carbocycles. The van der Waals surface area contributed by atoms with Crippen LogP contribution < -0.4 is 10.6 Å². The number of hydrogen-bond acceptors (Lipinski definition) is 2. The molecule has 0 bridgehead atoms. The summed E-state index contributed by atoms with van der Waals surface area (Å²) in [6.07, 6.45) is 0. The zero-order valence-corrected chi connectivity index (χ0v) is 9.58. The Morgan fingerprint density at radius 1 is 1.33 bits per heavy atom. The third kappa shape index (κ3) is 2.72. The Hall–Kier alpha value is -1.51. The number of nitrogens with two attached hydrogens (primary N) is 1. The van der Waals surface area contributed by atoms with E-state index in [-0.39, 0.29) is 12.5 Å². The van der Waals surface area contributed by atoms with Crippen LogP contribution in [0.2, 0.25) is 0 Å². The van der Waals surface area contributed by atoms with Gasteiger partial charge in [0.25, 0.3) is 0 Å². The summed E-state index contributed by atoms with van der Waals surface area (Å²) in [5.41, 5.74) is 8.71. The number of likely N-dealkylation sites (N-methyl/N-ethyl adjacent to an activating group) is 1. The van der Waals surface area contributed by atoms with Crippen LogP contribution in [-0.4, -0.2) is 19.0 Å². The molecule has 0 atom stereocenters. The van der Waals surface area contributed by atoms with Crippen molar-refractivity contribution in [1.29, 1.82) is 0 Å². The van der Waals surface area contributed by atoms with Gasteiger partial charge in [0.2, 0.25) is 5.91 Å². The van der Waals surface area contributed by atoms with Gasteiger partial charge in [-0.05, 0) is 31.9 Å². The smallest absolute Gasteiger partial charge is 0.236 e. The highest BCUT2D eigenvalue weighted by Crippen LogP contribution is 2.23. The summed E-state index contributed by atoms with van der Waals surface area (Å²) in [6.45, 7) is 7.18. The van der Waals surface area contributed by atoms with E-state index in [2.05, 4.69) is 0 Å². The Morgan fingerprint density at radius 3 is 2.27 bits per heavy atom. The third-order valence-electron chi connectivity index (χ3n) is 2.48. The van der Waals surface area contributed by atoms with E-state index >= 15 is 0 Å². The first-order valence-corrected chi connectivity index (χ1v) is 5.15. The molecule has 0 aliphatic rings. The molecule has 1 aromatic rings. The Morgan fingerprint density at radius 2 is 1.87 bits per heavy atom. The lowest BCUT2D eigenvalue weighted by molar-refractivity contribution is -0.116. The van der Waals surface area contributed by atoms with Crippen molar-refractivity contribution in [1.82, 2.24) is 0 Å². The van der Waals surface area contributed by atoms with Crippen LogP contribution in [-0.2, 0) is 4.79 Å². The topological polar surface area (TPSA) is 46.3 Å². The first-order chi connectivity index (χ1) is 7.06. The van der Waals surface area contributed by atoms with Crippen molar-refractivity contribution >= 4 is 11.6 Å². The number of anilines is 1. The van der Waals surface area contributed by atoms with Gasteiger partial charge in [-0.3, -0.25) is 4.79 Å². The number of aryl methyl sites for hydroxylation is 2. The number of primary amides is 1. The summed E-state index contributed by atoms with van der Waals surface area (Å²) in [5.74, 6) is -0.292. The van der Waals surface area contributed by atoms with Gasteiger partial charge in [-0.1, -0.05) is 18.2 Å². The van der Waals surface area contributed by atoms with E-state index < -0.39 is 0 Å². The van der Waals surface area contributed by atoms with Crippen molar-refractivity contribution in [2.45, 2.75) is 20.8 Å². The largest absolute Gasteiger partial charge is 0.368 e. The first kappa shape index (κ1) is 11.6. The van der Waals surface area contributed by atoms with Crippen molar-refractivity contribution in [2.75, 3.05) is 18.0 Å². The van der Waals surface area contributed by atoms with Gasteiger partial charge in [0.15, 0.2) is 0 Å². The minimum absolute atomic E-state index is 0.280. The van der Waals surface area contributed by atoms with Gasteiger partial charge < -0.3 is 10.6 Å². The monoisotopic (exact) mass is 206 g/mol. The van der Waals surface area contributed by atoms with Crippen molar-refractivity contribution in [3.05, 3.63) is 29.3 Å². The molecule has 0 saturated carbocycles.